The zero-order valence-corrected chi connectivity index (χ0v) is 12.4. The summed E-state index contributed by atoms with van der Waals surface area (Å²) in [5, 5.41) is 12.0. The van der Waals surface area contributed by atoms with Crippen LogP contribution in [0.25, 0.3) is 10.9 Å². The first kappa shape index (κ1) is 14.1. The van der Waals surface area contributed by atoms with E-state index in [0.29, 0.717) is 6.04 Å². The lowest BCUT2D eigenvalue weighted by molar-refractivity contribution is -0.384. The predicted octanol–water partition coefficient (Wildman–Crippen LogP) is 3.42. The molecule has 0 saturated carbocycles. The number of benzene rings is 1. The number of nitro groups is 1. The van der Waals surface area contributed by atoms with Crippen molar-refractivity contribution in [1.82, 2.24) is 9.47 Å². The molecule has 1 fully saturated rings. The van der Waals surface area contributed by atoms with Crippen molar-refractivity contribution in [2.75, 3.05) is 13.6 Å². The van der Waals surface area contributed by atoms with Crippen molar-refractivity contribution < 1.29 is 4.92 Å². The second kappa shape index (κ2) is 5.85. The normalized spacial score (nSPS) is 20.0. The van der Waals surface area contributed by atoms with Crippen LogP contribution in [0.5, 0.6) is 0 Å². The largest absolute Gasteiger partial charge is 0.347 e. The highest BCUT2D eigenvalue weighted by Crippen LogP contribution is 2.24. The molecule has 5 heteroatoms. The molecule has 1 unspecified atom stereocenters. The van der Waals surface area contributed by atoms with Gasteiger partial charge in [0.25, 0.3) is 5.69 Å². The van der Waals surface area contributed by atoms with Crippen molar-refractivity contribution in [2.24, 2.45) is 0 Å². The molecule has 2 heterocycles. The van der Waals surface area contributed by atoms with E-state index in [1.807, 2.05) is 18.3 Å². The number of hydrogen-bond acceptors (Lipinski definition) is 3. The van der Waals surface area contributed by atoms with E-state index in [1.54, 1.807) is 12.1 Å². The van der Waals surface area contributed by atoms with Gasteiger partial charge in [0.2, 0.25) is 0 Å². The maximum absolute atomic E-state index is 10.9. The molecule has 0 amide bonds. The molecular weight excluding hydrogens is 266 g/mol. The monoisotopic (exact) mass is 287 g/mol. The fourth-order valence-electron chi connectivity index (χ4n) is 3.28. The summed E-state index contributed by atoms with van der Waals surface area (Å²) >= 11 is 0. The summed E-state index contributed by atoms with van der Waals surface area (Å²) < 4.78 is 2.14. The van der Waals surface area contributed by atoms with Gasteiger partial charge in [0.05, 0.1) is 10.4 Å². The molecule has 112 valence electrons. The summed E-state index contributed by atoms with van der Waals surface area (Å²) in [6, 6.07) is 7.75. The molecule has 1 saturated heterocycles. The van der Waals surface area contributed by atoms with Gasteiger partial charge in [0, 0.05) is 36.3 Å². The third-order valence-electron chi connectivity index (χ3n) is 4.59. The molecule has 1 aromatic carbocycles. The standard InChI is InChI=1S/C16H21N3O2/c1-17-9-3-2-4-14(17)8-11-18-10-7-13-5-6-15(19(20)21)12-16(13)18/h5-7,10,12,14H,2-4,8-9,11H2,1H3. The van der Waals surface area contributed by atoms with E-state index in [1.165, 1.54) is 25.8 Å². The molecule has 5 nitrogen and oxygen atoms in total. The quantitative estimate of drug-likeness (QED) is 0.639. The van der Waals surface area contributed by atoms with E-state index in [-0.39, 0.29) is 10.6 Å². The lowest BCUT2D eigenvalue weighted by atomic mass is 10.0. The number of aromatic nitrogens is 1. The van der Waals surface area contributed by atoms with Gasteiger partial charge in [0.15, 0.2) is 0 Å². The van der Waals surface area contributed by atoms with Gasteiger partial charge in [-0.1, -0.05) is 6.42 Å². The van der Waals surface area contributed by atoms with Gasteiger partial charge < -0.3 is 9.47 Å². The van der Waals surface area contributed by atoms with E-state index in [0.717, 1.165) is 23.9 Å². The average Bonchev–Trinajstić information content (AvgIpc) is 2.88. The Labute approximate surface area is 124 Å². The van der Waals surface area contributed by atoms with Crippen molar-refractivity contribution >= 4 is 16.6 Å². The number of aryl methyl sites for hydroxylation is 1. The van der Waals surface area contributed by atoms with Gasteiger partial charge in [-0.15, -0.1) is 0 Å². The third kappa shape index (κ3) is 2.93. The second-order valence-electron chi connectivity index (χ2n) is 5.93. The Hall–Kier alpha value is -1.88. The lowest BCUT2D eigenvalue weighted by Gasteiger charge is -2.32. The molecule has 0 bridgehead atoms. The Kier molecular flexibility index (Phi) is 3.92. The van der Waals surface area contributed by atoms with E-state index >= 15 is 0 Å². The summed E-state index contributed by atoms with van der Waals surface area (Å²) in [5.74, 6) is 0. The second-order valence-corrected chi connectivity index (χ2v) is 5.93. The lowest BCUT2D eigenvalue weighted by Crippen LogP contribution is -2.36. The minimum Gasteiger partial charge on any atom is -0.347 e. The Balaban J connectivity index is 1.77. The first-order valence-electron chi connectivity index (χ1n) is 7.58. The molecule has 3 rings (SSSR count). The first-order valence-corrected chi connectivity index (χ1v) is 7.58. The smallest absolute Gasteiger partial charge is 0.271 e. The minimum absolute atomic E-state index is 0.164. The summed E-state index contributed by atoms with van der Waals surface area (Å²) in [7, 11) is 2.20. The highest BCUT2D eigenvalue weighted by atomic mass is 16.6. The number of likely N-dealkylation sites (tertiary alicyclic amines) is 1. The van der Waals surface area contributed by atoms with Crippen molar-refractivity contribution in [2.45, 2.75) is 38.3 Å². The summed E-state index contributed by atoms with van der Waals surface area (Å²) in [6.45, 7) is 2.10. The molecule has 2 aromatic rings. The molecule has 1 aliphatic rings. The highest BCUT2D eigenvalue weighted by molar-refractivity contribution is 5.82. The van der Waals surface area contributed by atoms with E-state index in [2.05, 4.69) is 16.5 Å². The zero-order chi connectivity index (χ0) is 14.8. The van der Waals surface area contributed by atoms with Crippen molar-refractivity contribution in [3.8, 4) is 0 Å². The molecule has 0 spiro atoms. The van der Waals surface area contributed by atoms with Crippen LogP contribution in [0.2, 0.25) is 0 Å². The predicted molar refractivity (Wildman–Crippen MR) is 83.5 cm³/mol. The number of hydrogen-bond donors (Lipinski definition) is 0. The fourth-order valence-corrected chi connectivity index (χ4v) is 3.28. The van der Waals surface area contributed by atoms with E-state index in [9.17, 15) is 10.1 Å². The number of piperidine rings is 1. The fraction of sp³-hybridized carbons (Fsp3) is 0.500. The minimum atomic E-state index is -0.328. The maximum atomic E-state index is 10.9. The van der Waals surface area contributed by atoms with E-state index < -0.39 is 0 Å². The van der Waals surface area contributed by atoms with Crippen LogP contribution < -0.4 is 0 Å². The Morgan fingerprint density at radius 3 is 2.95 bits per heavy atom. The summed E-state index contributed by atoms with van der Waals surface area (Å²) in [5.41, 5.74) is 1.12. The average molecular weight is 287 g/mol. The number of rotatable bonds is 4. The molecule has 1 aromatic heterocycles. The molecule has 0 radical (unpaired) electrons. The van der Waals surface area contributed by atoms with Crippen LogP contribution in [0.4, 0.5) is 5.69 Å². The van der Waals surface area contributed by atoms with Crippen molar-refractivity contribution in [3.63, 3.8) is 0 Å². The topological polar surface area (TPSA) is 51.3 Å². The third-order valence-corrected chi connectivity index (χ3v) is 4.59. The van der Waals surface area contributed by atoms with Crippen molar-refractivity contribution in [3.05, 3.63) is 40.6 Å². The molecule has 0 N–H and O–H groups in total. The van der Waals surface area contributed by atoms with Gasteiger partial charge in [-0.3, -0.25) is 10.1 Å². The molecule has 21 heavy (non-hydrogen) atoms. The number of nitro benzene ring substituents is 1. The Morgan fingerprint density at radius 2 is 2.19 bits per heavy atom. The zero-order valence-electron chi connectivity index (χ0n) is 12.4. The van der Waals surface area contributed by atoms with Crippen molar-refractivity contribution in [1.29, 1.82) is 0 Å². The first-order chi connectivity index (χ1) is 10.1. The van der Waals surface area contributed by atoms with Crippen LogP contribution in [0.1, 0.15) is 25.7 Å². The molecule has 0 aliphatic carbocycles. The van der Waals surface area contributed by atoms with Gasteiger partial charge in [0.1, 0.15) is 0 Å². The SMILES string of the molecule is CN1CCCCC1CCn1ccc2ccc([N+](=O)[O-])cc21. The highest BCUT2D eigenvalue weighted by Gasteiger charge is 2.18. The van der Waals surface area contributed by atoms with Crippen LogP contribution in [-0.2, 0) is 6.54 Å². The Bertz CT molecular complexity index is 650. The van der Waals surface area contributed by atoms with Crippen LogP contribution in [-0.4, -0.2) is 34.0 Å². The number of fused-ring (bicyclic) bond motifs is 1. The van der Waals surface area contributed by atoms with Crippen LogP contribution >= 0.6 is 0 Å². The van der Waals surface area contributed by atoms with Gasteiger partial charge in [-0.05, 0) is 45.0 Å². The Morgan fingerprint density at radius 1 is 1.33 bits per heavy atom. The van der Waals surface area contributed by atoms with Crippen LogP contribution in [0.15, 0.2) is 30.5 Å². The summed E-state index contributed by atoms with van der Waals surface area (Å²) in [6.07, 6.45) is 7.01. The van der Waals surface area contributed by atoms with Crippen LogP contribution in [0, 0.1) is 10.1 Å². The van der Waals surface area contributed by atoms with Gasteiger partial charge in [-0.25, -0.2) is 0 Å². The van der Waals surface area contributed by atoms with Gasteiger partial charge in [-0.2, -0.15) is 0 Å². The summed E-state index contributed by atoms with van der Waals surface area (Å²) in [4.78, 5) is 13.0. The van der Waals surface area contributed by atoms with Gasteiger partial charge >= 0.3 is 0 Å². The molecule has 1 aliphatic heterocycles. The molecular formula is C16H21N3O2. The van der Waals surface area contributed by atoms with E-state index in [4.69, 9.17) is 0 Å². The number of nitrogens with zero attached hydrogens (tertiary/aromatic N) is 3. The maximum Gasteiger partial charge on any atom is 0.271 e. The number of non-ortho nitro benzene ring substituents is 1. The molecule has 1 atom stereocenters. The van der Waals surface area contributed by atoms with Crippen LogP contribution in [0.3, 0.4) is 0 Å².